The fourth-order valence-corrected chi connectivity index (χ4v) is 7.51. The zero-order valence-corrected chi connectivity index (χ0v) is 37.2. The van der Waals surface area contributed by atoms with Crippen molar-refractivity contribution in [2.75, 3.05) is 0 Å². The molecule has 2 aromatic heterocycles. The number of rotatable bonds is 7. The van der Waals surface area contributed by atoms with Gasteiger partial charge in [0.1, 0.15) is 11.6 Å². The SMILES string of the molecule is [2H]C([2H])([2H])c1ccc(-c2ccnc(-c3[c-]c(-c4cccc5c4nc(-c4ccccc4O)n5-c4ccc(C(C)(C)C(C)(C)C)cc4-c4ccccc4)cc(C(C)(C)C)c3)c2)cc1.[Pt]. The van der Waals surface area contributed by atoms with Crippen molar-refractivity contribution in [2.45, 2.75) is 73.1 Å². The number of aromatic hydroxyl groups is 1. The molecule has 0 saturated carbocycles. The van der Waals surface area contributed by atoms with Crippen molar-refractivity contribution in [3.05, 3.63) is 168 Å². The standard InChI is InChI=1S/C54H52N3O.Pt/c1-35-22-24-36(25-23-35)38-28-29-55-46(33-38)40-30-39(31-42(32-40)52(2,3)4)43-19-15-20-48-50(43)56-51(44-18-13-14-21-49(44)58)57(48)47-27-26-41(54(8,9)53(5,6)7)34-45(47)37-16-11-10-12-17-37;/h10-29,31-34,58H,1-9H3;/q-1;/i1D3;. The van der Waals surface area contributed by atoms with Gasteiger partial charge in [0, 0.05) is 42.6 Å². The molecule has 0 atom stereocenters. The molecule has 1 N–H and O–H groups in total. The van der Waals surface area contributed by atoms with Gasteiger partial charge in [-0.05, 0) is 81.7 Å². The number of imidazole rings is 1. The minimum absolute atomic E-state index is 0. The summed E-state index contributed by atoms with van der Waals surface area (Å²) < 4.78 is 25.6. The Kier molecular flexibility index (Phi) is 10.1. The molecule has 0 unspecified atom stereocenters. The van der Waals surface area contributed by atoms with Crippen molar-refractivity contribution >= 4 is 11.0 Å². The van der Waals surface area contributed by atoms with Crippen LogP contribution in [-0.4, -0.2) is 19.6 Å². The molecular weight excluding hydrogens is 902 g/mol. The zero-order valence-electron chi connectivity index (χ0n) is 38.0. The Labute approximate surface area is 368 Å². The second kappa shape index (κ2) is 15.9. The van der Waals surface area contributed by atoms with E-state index in [0.717, 1.165) is 66.9 Å². The molecule has 0 saturated heterocycles. The van der Waals surface area contributed by atoms with E-state index in [1.807, 2.05) is 48.5 Å². The molecule has 0 aliphatic rings. The maximum Gasteiger partial charge on any atom is 0.148 e. The second-order valence-corrected chi connectivity index (χ2v) is 17.9. The Morgan fingerprint density at radius 1 is 0.610 bits per heavy atom. The molecule has 59 heavy (non-hydrogen) atoms. The van der Waals surface area contributed by atoms with Crippen molar-refractivity contribution in [1.29, 1.82) is 0 Å². The van der Waals surface area contributed by atoms with Crippen LogP contribution in [-0.2, 0) is 31.9 Å². The summed E-state index contributed by atoms with van der Waals surface area (Å²) in [5.74, 6) is 0.779. The maximum atomic E-state index is 11.4. The molecular formula is C54H52N3OPt-. The number of aromatic nitrogens is 3. The third kappa shape index (κ3) is 7.96. The number of fused-ring (bicyclic) bond motifs is 1. The predicted molar refractivity (Wildman–Crippen MR) is 242 cm³/mol. The first-order chi connectivity index (χ1) is 28.8. The van der Waals surface area contributed by atoms with Crippen LogP contribution in [0.25, 0.3) is 72.7 Å². The van der Waals surface area contributed by atoms with Gasteiger partial charge < -0.3 is 5.11 Å². The number of aryl methyl sites for hydroxylation is 1. The number of hydrogen-bond acceptors (Lipinski definition) is 3. The van der Waals surface area contributed by atoms with Crippen LogP contribution in [0.1, 0.15) is 76.2 Å². The Morgan fingerprint density at radius 2 is 1.31 bits per heavy atom. The van der Waals surface area contributed by atoms with E-state index < -0.39 is 6.85 Å². The van der Waals surface area contributed by atoms with E-state index in [-0.39, 0.29) is 43.1 Å². The smallest absolute Gasteiger partial charge is 0.148 e. The minimum atomic E-state index is -2.17. The Bertz CT molecular complexity index is 2900. The molecule has 0 spiro atoms. The van der Waals surface area contributed by atoms with Crippen molar-refractivity contribution in [3.8, 4) is 67.5 Å². The molecule has 0 aliphatic carbocycles. The van der Waals surface area contributed by atoms with Crippen molar-refractivity contribution in [2.24, 2.45) is 5.41 Å². The van der Waals surface area contributed by atoms with Gasteiger partial charge in [-0.2, -0.15) is 0 Å². The Hall–Kier alpha value is -5.57. The van der Waals surface area contributed by atoms with Crippen molar-refractivity contribution < 1.29 is 30.3 Å². The first-order valence-electron chi connectivity index (χ1n) is 21.5. The van der Waals surface area contributed by atoms with Gasteiger partial charge in [0.2, 0.25) is 0 Å². The summed E-state index contributed by atoms with van der Waals surface area (Å²) in [6.07, 6.45) is 1.79. The molecule has 8 aromatic rings. The molecule has 0 fully saturated rings. The minimum Gasteiger partial charge on any atom is -0.507 e. The summed E-state index contributed by atoms with van der Waals surface area (Å²) in [7, 11) is 0. The summed E-state index contributed by atoms with van der Waals surface area (Å²) in [6, 6.07) is 50.1. The molecule has 4 nitrogen and oxygen atoms in total. The van der Waals surface area contributed by atoms with E-state index in [2.05, 4.69) is 139 Å². The van der Waals surface area contributed by atoms with E-state index in [1.54, 1.807) is 24.4 Å². The fourth-order valence-electron chi connectivity index (χ4n) is 7.51. The first kappa shape index (κ1) is 37.7. The molecule has 0 radical (unpaired) electrons. The van der Waals surface area contributed by atoms with Gasteiger partial charge in [-0.1, -0.05) is 163 Å². The zero-order chi connectivity index (χ0) is 43.5. The fraction of sp³-hybridized carbons (Fsp3) is 0.222. The van der Waals surface area contributed by atoms with Gasteiger partial charge in [0.15, 0.2) is 0 Å². The van der Waals surface area contributed by atoms with Crippen LogP contribution >= 0.6 is 0 Å². The monoisotopic (exact) mass is 956 g/mol. The molecule has 6 aromatic carbocycles. The molecule has 2 heterocycles. The van der Waals surface area contributed by atoms with Crippen LogP contribution in [0, 0.1) is 18.3 Å². The molecule has 0 bridgehead atoms. The first-order valence-corrected chi connectivity index (χ1v) is 20.0. The van der Waals surface area contributed by atoms with Gasteiger partial charge in [-0.15, -0.1) is 29.3 Å². The summed E-state index contributed by atoms with van der Waals surface area (Å²) in [5, 5.41) is 11.4. The van der Waals surface area contributed by atoms with Crippen LogP contribution in [0.2, 0.25) is 0 Å². The third-order valence-electron chi connectivity index (χ3n) is 12.0. The van der Waals surface area contributed by atoms with Crippen LogP contribution in [0.3, 0.4) is 0 Å². The van der Waals surface area contributed by atoms with Gasteiger partial charge in [0.25, 0.3) is 0 Å². The van der Waals surface area contributed by atoms with E-state index in [4.69, 9.17) is 14.1 Å². The predicted octanol–water partition coefficient (Wildman–Crippen LogP) is 14.2. The van der Waals surface area contributed by atoms with E-state index in [9.17, 15) is 5.11 Å². The summed E-state index contributed by atoms with van der Waals surface area (Å²) >= 11 is 0. The third-order valence-corrected chi connectivity index (χ3v) is 12.0. The van der Waals surface area contributed by atoms with Crippen molar-refractivity contribution in [1.82, 2.24) is 14.5 Å². The van der Waals surface area contributed by atoms with Gasteiger partial charge in [-0.3, -0.25) is 9.55 Å². The average Bonchev–Trinajstić information content (AvgIpc) is 3.62. The van der Waals surface area contributed by atoms with Crippen LogP contribution in [0.4, 0.5) is 0 Å². The van der Waals surface area contributed by atoms with Gasteiger partial charge >= 0.3 is 0 Å². The molecule has 0 amide bonds. The number of para-hydroxylation sites is 2. The van der Waals surface area contributed by atoms with E-state index in [1.165, 1.54) is 5.56 Å². The number of phenolic OH excluding ortho intramolecular Hbond substituents is 1. The second-order valence-electron chi connectivity index (χ2n) is 17.9. The normalized spacial score (nSPS) is 13.1. The quantitative estimate of drug-likeness (QED) is 0.162. The van der Waals surface area contributed by atoms with Crippen molar-refractivity contribution in [3.63, 3.8) is 0 Å². The number of phenols is 1. The number of hydrogen-bond donors (Lipinski definition) is 1. The van der Waals surface area contributed by atoms with E-state index in [0.29, 0.717) is 17.0 Å². The number of nitrogens with zero attached hydrogens (tertiary/aromatic N) is 3. The van der Waals surface area contributed by atoms with Crippen LogP contribution in [0.15, 0.2) is 146 Å². The molecule has 8 rings (SSSR count). The Morgan fingerprint density at radius 3 is 2.00 bits per heavy atom. The molecule has 0 aliphatic heterocycles. The summed E-state index contributed by atoms with van der Waals surface area (Å²) in [4.78, 5) is 10.3. The summed E-state index contributed by atoms with van der Waals surface area (Å²) in [5.41, 5.74) is 12.9. The Balaban J connectivity index is 0.00000578. The molecule has 5 heteroatoms. The van der Waals surface area contributed by atoms with E-state index >= 15 is 0 Å². The number of benzene rings is 6. The van der Waals surface area contributed by atoms with Gasteiger partial charge in [-0.25, -0.2) is 4.98 Å². The number of pyridine rings is 1. The topological polar surface area (TPSA) is 50.9 Å². The van der Waals surface area contributed by atoms with Gasteiger partial charge in [0.05, 0.1) is 22.3 Å². The largest absolute Gasteiger partial charge is 0.507 e. The van der Waals surface area contributed by atoms with Crippen LogP contribution in [0.5, 0.6) is 5.75 Å². The average molecular weight is 957 g/mol. The molecule has 300 valence electrons. The van der Waals surface area contributed by atoms with Crippen LogP contribution < -0.4 is 0 Å². The maximum absolute atomic E-state index is 11.4. The summed E-state index contributed by atoms with van der Waals surface area (Å²) in [6.45, 7) is 15.9.